The van der Waals surface area contributed by atoms with E-state index in [-0.39, 0.29) is 10.8 Å². The van der Waals surface area contributed by atoms with E-state index in [0.717, 1.165) is 16.6 Å². The maximum absolute atomic E-state index is 4.64. The lowest BCUT2D eigenvalue weighted by Crippen LogP contribution is -2.14. The van der Waals surface area contributed by atoms with Crippen molar-refractivity contribution in [3.63, 3.8) is 0 Å². The van der Waals surface area contributed by atoms with Crippen molar-refractivity contribution >= 4 is 32.7 Å². The Hall–Kier alpha value is -4.05. The molecule has 0 N–H and O–H groups in total. The molecule has 0 aliphatic rings. The molecule has 4 heteroatoms. The third kappa shape index (κ3) is 3.96. The molecule has 0 spiro atoms. The first kappa shape index (κ1) is 24.3. The number of aromatic nitrogens is 4. The van der Waals surface area contributed by atoms with Crippen LogP contribution in [0.4, 0.5) is 0 Å². The first-order valence-electron chi connectivity index (χ1n) is 13.3. The minimum absolute atomic E-state index is 0.0336. The molecule has 38 heavy (non-hydrogen) atoms. The average molecular weight is 499 g/mol. The summed E-state index contributed by atoms with van der Waals surface area (Å²) in [6.07, 6.45) is 1.88. The van der Waals surface area contributed by atoms with E-state index < -0.39 is 0 Å². The van der Waals surface area contributed by atoms with E-state index in [1.165, 1.54) is 49.5 Å². The number of pyridine rings is 1. The summed E-state index contributed by atoms with van der Waals surface area (Å²) < 4.78 is 1.84. The van der Waals surface area contributed by atoms with Gasteiger partial charge in [0, 0.05) is 18.6 Å². The SMILES string of the molecule is Cn1nnc2ccc(-c3ccc4ccc(-c5ccc6ncccc6c5C(C)(C)C)cc4c3C(C)(C)C)cc21. The second kappa shape index (κ2) is 8.49. The Morgan fingerprint density at radius 3 is 1.97 bits per heavy atom. The van der Waals surface area contributed by atoms with Gasteiger partial charge in [-0.15, -0.1) is 5.10 Å². The Balaban J connectivity index is 1.64. The Bertz CT molecular complexity index is 1850. The van der Waals surface area contributed by atoms with E-state index in [0.29, 0.717) is 0 Å². The van der Waals surface area contributed by atoms with E-state index in [2.05, 4.69) is 124 Å². The van der Waals surface area contributed by atoms with Crippen LogP contribution in [0.3, 0.4) is 0 Å². The molecule has 6 aromatic rings. The van der Waals surface area contributed by atoms with E-state index in [9.17, 15) is 0 Å². The lowest BCUT2D eigenvalue weighted by atomic mass is 9.77. The normalized spacial score (nSPS) is 12.6. The fraction of sp³-hybridized carbons (Fsp3) is 0.265. The minimum Gasteiger partial charge on any atom is -0.256 e. The van der Waals surface area contributed by atoms with Crippen LogP contribution in [0.25, 0.3) is 55.0 Å². The van der Waals surface area contributed by atoms with Crippen molar-refractivity contribution in [1.29, 1.82) is 0 Å². The summed E-state index contributed by atoms with van der Waals surface area (Å²) in [4.78, 5) is 4.64. The van der Waals surface area contributed by atoms with Gasteiger partial charge in [-0.3, -0.25) is 4.98 Å². The van der Waals surface area contributed by atoms with Gasteiger partial charge in [0.1, 0.15) is 5.52 Å². The monoisotopic (exact) mass is 498 g/mol. The largest absolute Gasteiger partial charge is 0.256 e. The summed E-state index contributed by atoms with van der Waals surface area (Å²) in [6, 6.07) is 26.6. The molecule has 0 aliphatic carbocycles. The second-order valence-corrected chi connectivity index (χ2v) is 12.4. The van der Waals surface area contributed by atoms with E-state index >= 15 is 0 Å². The zero-order valence-corrected chi connectivity index (χ0v) is 23.3. The lowest BCUT2D eigenvalue weighted by Gasteiger charge is -2.27. The molecular formula is C34H34N4. The molecular weight excluding hydrogens is 464 g/mol. The third-order valence-corrected chi connectivity index (χ3v) is 7.54. The fourth-order valence-corrected chi connectivity index (χ4v) is 5.93. The molecule has 0 saturated carbocycles. The predicted octanol–water partition coefficient (Wildman–Crippen LogP) is 8.60. The van der Waals surface area contributed by atoms with Crippen LogP contribution >= 0.6 is 0 Å². The molecule has 0 radical (unpaired) electrons. The predicted molar refractivity (Wildman–Crippen MR) is 160 cm³/mol. The highest BCUT2D eigenvalue weighted by molar-refractivity contribution is 5.98. The van der Waals surface area contributed by atoms with Crippen LogP contribution in [-0.4, -0.2) is 20.0 Å². The highest BCUT2D eigenvalue weighted by Crippen LogP contribution is 2.43. The summed E-state index contributed by atoms with van der Waals surface area (Å²) in [5, 5.41) is 12.3. The summed E-state index contributed by atoms with van der Waals surface area (Å²) in [5.41, 5.74) is 10.5. The maximum atomic E-state index is 4.64. The van der Waals surface area contributed by atoms with Crippen LogP contribution in [0.1, 0.15) is 52.7 Å². The molecule has 0 unspecified atom stereocenters. The van der Waals surface area contributed by atoms with Crippen LogP contribution < -0.4 is 0 Å². The second-order valence-electron chi connectivity index (χ2n) is 12.4. The first-order chi connectivity index (χ1) is 18.0. The first-order valence-corrected chi connectivity index (χ1v) is 13.3. The van der Waals surface area contributed by atoms with E-state index in [4.69, 9.17) is 0 Å². The van der Waals surface area contributed by atoms with Gasteiger partial charge in [-0.1, -0.05) is 89.2 Å². The zero-order chi connectivity index (χ0) is 26.8. The van der Waals surface area contributed by atoms with Gasteiger partial charge in [-0.25, -0.2) is 4.68 Å². The van der Waals surface area contributed by atoms with Gasteiger partial charge in [0.15, 0.2) is 0 Å². The van der Waals surface area contributed by atoms with Gasteiger partial charge in [0.25, 0.3) is 0 Å². The summed E-state index contributed by atoms with van der Waals surface area (Å²) >= 11 is 0. The number of aryl methyl sites for hydroxylation is 1. The van der Waals surface area contributed by atoms with Crippen LogP contribution in [0.2, 0.25) is 0 Å². The molecule has 0 fully saturated rings. The van der Waals surface area contributed by atoms with Gasteiger partial charge in [-0.2, -0.15) is 0 Å². The number of nitrogens with zero attached hydrogens (tertiary/aromatic N) is 4. The minimum atomic E-state index is -0.0622. The summed E-state index contributed by atoms with van der Waals surface area (Å²) in [6.45, 7) is 13.8. The standard InChI is InChI=1S/C34H34N4/c1-33(2,3)31-25(15-17-28-26(31)9-8-18-35-28)22-11-10-21-12-14-24(32(27(21)19-22)34(4,5)6)23-13-16-29-30(20-23)38(7)37-36-29/h8-20H,1-7H3. The summed E-state index contributed by atoms with van der Waals surface area (Å²) in [5.74, 6) is 0. The topological polar surface area (TPSA) is 43.6 Å². The van der Waals surface area contributed by atoms with Gasteiger partial charge in [0.05, 0.1) is 11.0 Å². The molecule has 0 amide bonds. The van der Waals surface area contributed by atoms with Crippen LogP contribution in [0.15, 0.2) is 79.0 Å². The van der Waals surface area contributed by atoms with Gasteiger partial charge in [0.2, 0.25) is 0 Å². The highest BCUT2D eigenvalue weighted by Gasteiger charge is 2.25. The Kier molecular flexibility index (Phi) is 5.43. The highest BCUT2D eigenvalue weighted by atomic mass is 15.4. The Morgan fingerprint density at radius 2 is 1.24 bits per heavy atom. The van der Waals surface area contributed by atoms with E-state index in [1.54, 1.807) is 0 Å². The molecule has 6 rings (SSSR count). The third-order valence-electron chi connectivity index (χ3n) is 7.54. The van der Waals surface area contributed by atoms with Gasteiger partial charge >= 0.3 is 0 Å². The van der Waals surface area contributed by atoms with Gasteiger partial charge in [-0.05, 0) is 85.3 Å². The van der Waals surface area contributed by atoms with Crippen LogP contribution in [0.5, 0.6) is 0 Å². The average Bonchev–Trinajstić information content (AvgIpc) is 3.25. The smallest absolute Gasteiger partial charge is 0.113 e. The number of fused-ring (bicyclic) bond motifs is 3. The maximum Gasteiger partial charge on any atom is 0.113 e. The number of hydrogen-bond donors (Lipinski definition) is 0. The molecule has 190 valence electrons. The van der Waals surface area contributed by atoms with Crippen LogP contribution in [-0.2, 0) is 17.9 Å². The number of hydrogen-bond acceptors (Lipinski definition) is 3. The van der Waals surface area contributed by atoms with Crippen LogP contribution in [0, 0.1) is 0 Å². The fourth-order valence-electron chi connectivity index (χ4n) is 5.93. The molecule has 0 atom stereocenters. The Morgan fingerprint density at radius 1 is 0.632 bits per heavy atom. The van der Waals surface area contributed by atoms with Crippen molar-refractivity contribution in [3.8, 4) is 22.3 Å². The lowest BCUT2D eigenvalue weighted by molar-refractivity contribution is 0.596. The number of benzene rings is 4. The molecule has 4 nitrogen and oxygen atoms in total. The summed E-state index contributed by atoms with van der Waals surface area (Å²) in [7, 11) is 1.95. The van der Waals surface area contributed by atoms with Crippen molar-refractivity contribution in [1.82, 2.24) is 20.0 Å². The number of rotatable bonds is 2. The zero-order valence-electron chi connectivity index (χ0n) is 23.3. The van der Waals surface area contributed by atoms with E-state index in [1.807, 2.05) is 24.0 Å². The van der Waals surface area contributed by atoms with Crippen molar-refractivity contribution in [3.05, 3.63) is 90.1 Å². The van der Waals surface area contributed by atoms with Crippen molar-refractivity contribution < 1.29 is 0 Å². The quantitative estimate of drug-likeness (QED) is 0.240. The van der Waals surface area contributed by atoms with Crippen molar-refractivity contribution in [2.45, 2.75) is 52.4 Å². The molecule has 0 saturated heterocycles. The molecule has 0 aliphatic heterocycles. The molecule has 4 aromatic carbocycles. The molecule has 2 heterocycles. The van der Waals surface area contributed by atoms with Crippen molar-refractivity contribution in [2.24, 2.45) is 7.05 Å². The van der Waals surface area contributed by atoms with Gasteiger partial charge < -0.3 is 0 Å². The Labute approximate surface area is 224 Å². The molecule has 0 bridgehead atoms. The van der Waals surface area contributed by atoms with Crippen molar-refractivity contribution in [2.75, 3.05) is 0 Å². The molecule has 2 aromatic heterocycles.